The van der Waals surface area contributed by atoms with Crippen molar-refractivity contribution >= 4 is 22.0 Å². The summed E-state index contributed by atoms with van der Waals surface area (Å²) in [6.07, 6.45) is 0.715. The summed E-state index contributed by atoms with van der Waals surface area (Å²) in [5.74, 6) is 0. The lowest BCUT2D eigenvalue weighted by Gasteiger charge is -2.30. The van der Waals surface area contributed by atoms with Gasteiger partial charge in [0.25, 0.3) is 0 Å². The van der Waals surface area contributed by atoms with Crippen LogP contribution in [0.15, 0.2) is 22.7 Å². The highest BCUT2D eigenvalue weighted by atomic mass is 79.9. The lowest BCUT2D eigenvalue weighted by atomic mass is 9.97. The van der Waals surface area contributed by atoms with Crippen molar-refractivity contribution in [1.82, 2.24) is 5.32 Å². The van der Waals surface area contributed by atoms with Gasteiger partial charge >= 0.3 is 6.09 Å². The number of ether oxygens (including phenoxy) is 1. The molecule has 1 aliphatic carbocycles. The normalized spacial score (nSPS) is 21.4. The summed E-state index contributed by atoms with van der Waals surface area (Å²) in [4.78, 5) is 12.0. The van der Waals surface area contributed by atoms with Gasteiger partial charge in [-0.1, -0.05) is 28.1 Å². The number of aliphatic hydroxyl groups excluding tert-OH is 1. The zero-order valence-corrected chi connectivity index (χ0v) is 13.6. The predicted molar refractivity (Wildman–Crippen MR) is 80.7 cm³/mol. The minimum Gasteiger partial charge on any atom is -0.444 e. The molecule has 0 aromatic heterocycles. The molecule has 2 N–H and O–H groups in total. The van der Waals surface area contributed by atoms with Crippen LogP contribution in [0.3, 0.4) is 0 Å². The highest BCUT2D eigenvalue weighted by Gasteiger charge is 2.40. The van der Waals surface area contributed by atoms with E-state index in [2.05, 4.69) is 21.2 Å². The molecule has 1 aromatic rings. The number of carbonyl (C=O) groups is 1. The maximum Gasteiger partial charge on any atom is 0.408 e. The van der Waals surface area contributed by atoms with Crippen LogP contribution in [0.1, 0.15) is 31.9 Å². The van der Waals surface area contributed by atoms with Gasteiger partial charge in [0.05, 0.1) is 12.1 Å². The van der Waals surface area contributed by atoms with Gasteiger partial charge in [-0.15, -0.1) is 0 Å². The second-order valence-corrected chi connectivity index (χ2v) is 7.15. The third-order valence-corrected chi connectivity index (χ3v) is 4.07. The fraction of sp³-hybridized carbons (Fsp3) is 0.533. The number of rotatable bonds is 2. The first-order valence-corrected chi connectivity index (χ1v) is 7.42. The highest BCUT2D eigenvalue weighted by Crippen LogP contribution is 2.34. The number of carbonyl (C=O) groups excluding carboxylic acids is 1. The first kappa shape index (κ1) is 15.3. The minimum atomic E-state index is -0.672. The van der Waals surface area contributed by atoms with Crippen LogP contribution in [0.2, 0.25) is 0 Å². The van der Waals surface area contributed by atoms with Crippen LogP contribution in [0.5, 0.6) is 0 Å². The van der Waals surface area contributed by atoms with Crippen molar-refractivity contribution in [3.05, 3.63) is 33.8 Å². The topological polar surface area (TPSA) is 58.6 Å². The zero-order valence-electron chi connectivity index (χ0n) is 12.0. The Morgan fingerprint density at radius 1 is 1.45 bits per heavy atom. The predicted octanol–water partition coefficient (Wildman–Crippen LogP) is 2.80. The molecule has 5 heteroatoms. The molecule has 0 radical (unpaired) electrons. The molecule has 0 aliphatic heterocycles. The number of amides is 1. The molecule has 1 atom stereocenters. The first-order valence-electron chi connectivity index (χ1n) is 6.63. The molecule has 0 spiro atoms. The molecule has 2 rings (SSSR count). The molecule has 4 nitrogen and oxygen atoms in total. The monoisotopic (exact) mass is 341 g/mol. The lowest BCUT2D eigenvalue weighted by molar-refractivity contribution is 0.0407. The van der Waals surface area contributed by atoms with Gasteiger partial charge in [-0.3, -0.25) is 0 Å². The molecule has 20 heavy (non-hydrogen) atoms. The Labute approximate surface area is 127 Å². The van der Waals surface area contributed by atoms with Crippen molar-refractivity contribution in [3.8, 4) is 0 Å². The number of hydrogen-bond acceptors (Lipinski definition) is 3. The molecule has 1 amide bonds. The Hall–Kier alpha value is -1.07. The van der Waals surface area contributed by atoms with Crippen LogP contribution in [-0.4, -0.2) is 28.9 Å². The smallest absolute Gasteiger partial charge is 0.408 e. The van der Waals surface area contributed by atoms with Crippen LogP contribution in [0.25, 0.3) is 0 Å². The molecule has 0 fully saturated rings. The molecule has 0 saturated heterocycles. The Kier molecular flexibility index (Phi) is 4.12. The van der Waals surface area contributed by atoms with Crippen LogP contribution in [0.4, 0.5) is 4.79 Å². The van der Waals surface area contributed by atoms with E-state index in [-0.39, 0.29) is 6.61 Å². The van der Waals surface area contributed by atoms with E-state index >= 15 is 0 Å². The maximum absolute atomic E-state index is 12.0. The van der Waals surface area contributed by atoms with Gasteiger partial charge in [0.2, 0.25) is 0 Å². The number of alkyl carbamates (subject to hydrolysis) is 1. The number of benzene rings is 1. The standard InChI is InChI=1S/C15H20BrNO3/c1-14(2,3)20-13(19)17-15(9-18)7-10-5-4-6-12(16)11(10)8-15/h4-6,18H,7-9H2,1-3H3,(H,17,19)/t15-/m1/s1. The molecule has 0 unspecified atom stereocenters. The first-order chi connectivity index (χ1) is 9.25. The van der Waals surface area contributed by atoms with Crippen LogP contribution in [0, 0.1) is 0 Å². The SMILES string of the molecule is CC(C)(C)OC(=O)N[C@]1(CO)Cc2cccc(Br)c2C1. The Morgan fingerprint density at radius 3 is 2.70 bits per heavy atom. The molecular weight excluding hydrogens is 322 g/mol. The summed E-state index contributed by atoms with van der Waals surface area (Å²) >= 11 is 3.52. The second kappa shape index (κ2) is 5.37. The van der Waals surface area contributed by atoms with Crippen molar-refractivity contribution in [2.75, 3.05) is 6.61 Å². The van der Waals surface area contributed by atoms with Gasteiger partial charge in [-0.05, 0) is 50.8 Å². The van der Waals surface area contributed by atoms with Gasteiger partial charge in [0.1, 0.15) is 5.60 Å². The molecule has 1 aromatic carbocycles. The second-order valence-electron chi connectivity index (χ2n) is 6.30. The van der Waals surface area contributed by atoms with Crippen molar-refractivity contribution in [3.63, 3.8) is 0 Å². The van der Waals surface area contributed by atoms with E-state index in [0.29, 0.717) is 12.8 Å². The molecule has 0 bridgehead atoms. The summed E-state index contributed by atoms with van der Waals surface area (Å²) in [6, 6.07) is 5.96. The highest BCUT2D eigenvalue weighted by molar-refractivity contribution is 9.10. The van der Waals surface area contributed by atoms with E-state index < -0.39 is 17.2 Å². The summed E-state index contributed by atoms with van der Waals surface area (Å²) in [5, 5.41) is 12.6. The van der Waals surface area contributed by atoms with E-state index in [1.54, 1.807) is 0 Å². The quantitative estimate of drug-likeness (QED) is 0.869. The summed E-state index contributed by atoms with van der Waals surface area (Å²) in [5.41, 5.74) is 1.06. The van der Waals surface area contributed by atoms with Crippen molar-refractivity contribution in [1.29, 1.82) is 0 Å². The fourth-order valence-corrected chi connectivity index (χ4v) is 3.04. The van der Waals surface area contributed by atoms with Gasteiger partial charge < -0.3 is 15.2 Å². The summed E-state index contributed by atoms with van der Waals surface area (Å²) in [7, 11) is 0. The van der Waals surface area contributed by atoms with Gasteiger partial charge in [0, 0.05) is 4.47 Å². The summed E-state index contributed by atoms with van der Waals surface area (Å²) in [6.45, 7) is 5.34. The molecule has 0 saturated carbocycles. The molecule has 110 valence electrons. The van der Waals surface area contributed by atoms with Crippen LogP contribution < -0.4 is 5.32 Å². The third kappa shape index (κ3) is 3.33. The van der Waals surface area contributed by atoms with E-state index in [1.807, 2.05) is 39.0 Å². The fourth-order valence-electron chi connectivity index (χ4n) is 2.49. The molecule has 0 heterocycles. The summed E-state index contributed by atoms with van der Waals surface area (Å²) < 4.78 is 6.29. The number of fused-ring (bicyclic) bond motifs is 1. The largest absolute Gasteiger partial charge is 0.444 e. The number of nitrogens with one attached hydrogen (secondary N) is 1. The van der Waals surface area contributed by atoms with Crippen LogP contribution >= 0.6 is 15.9 Å². The van der Waals surface area contributed by atoms with E-state index in [4.69, 9.17) is 4.74 Å². The van der Waals surface area contributed by atoms with Gasteiger partial charge in [-0.2, -0.15) is 0 Å². The van der Waals surface area contributed by atoms with Gasteiger partial charge in [0.15, 0.2) is 0 Å². The van der Waals surface area contributed by atoms with E-state index in [0.717, 1.165) is 15.6 Å². The number of hydrogen-bond donors (Lipinski definition) is 2. The van der Waals surface area contributed by atoms with Gasteiger partial charge in [-0.25, -0.2) is 4.79 Å². The average molecular weight is 342 g/mol. The Balaban J connectivity index is 2.14. The zero-order chi connectivity index (χ0) is 15.0. The Bertz CT molecular complexity index is 524. The van der Waals surface area contributed by atoms with E-state index in [9.17, 15) is 9.90 Å². The minimum absolute atomic E-state index is 0.118. The molecular formula is C15H20BrNO3. The number of halogens is 1. The Morgan fingerprint density at radius 2 is 2.15 bits per heavy atom. The average Bonchev–Trinajstić information content (AvgIpc) is 2.67. The van der Waals surface area contributed by atoms with E-state index in [1.165, 1.54) is 0 Å². The maximum atomic E-state index is 12.0. The van der Waals surface area contributed by atoms with Crippen molar-refractivity contribution in [2.24, 2.45) is 0 Å². The number of aliphatic hydroxyl groups is 1. The lowest BCUT2D eigenvalue weighted by Crippen LogP contribution is -2.53. The van der Waals surface area contributed by atoms with Crippen molar-refractivity contribution in [2.45, 2.75) is 44.8 Å². The third-order valence-electron chi connectivity index (χ3n) is 3.33. The van der Waals surface area contributed by atoms with Crippen molar-refractivity contribution < 1.29 is 14.6 Å². The van der Waals surface area contributed by atoms with Crippen LogP contribution in [-0.2, 0) is 17.6 Å². The molecule has 1 aliphatic rings.